The van der Waals surface area contributed by atoms with Crippen LogP contribution in [0, 0.1) is 0 Å². The molecule has 2 heterocycles. The van der Waals surface area contributed by atoms with Crippen LogP contribution in [-0.2, 0) is 13.6 Å². The molecule has 1 aliphatic rings. The van der Waals surface area contributed by atoms with Gasteiger partial charge in [0.25, 0.3) is 0 Å². The van der Waals surface area contributed by atoms with Crippen molar-refractivity contribution in [3.8, 4) is 0 Å². The fourth-order valence-corrected chi connectivity index (χ4v) is 2.45. The summed E-state index contributed by atoms with van der Waals surface area (Å²) in [5.74, 6) is 0. The van der Waals surface area contributed by atoms with Crippen LogP contribution in [0.4, 0.5) is 0 Å². The topological polar surface area (TPSA) is 12.0 Å². The van der Waals surface area contributed by atoms with Crippen molar-refractivity contribution < 1.29 is 17.0 Å². The molecule has 98 valence electrons. The largest absolute Gasteiger partial charge is 1.00 e. The highest BCUT2D eigenvalue weighted by molar-refractivity contribution is 4.67. The molecular formula is C13H24ClN3. The maximum atomic E-state index is 2.62. The lowest BCUT2D eigenvalue weighted by Crippen LogP contribution is -3.00. The van der Waals surface area contributed by atoms with Crippen LogP contribution in [0.15, 0.2) is 18.7 Å². The first-order valence-corrected chi connectivity index (χ1v) is 6.58. The van der Waals surface area contributed by atoms with Crippen molar-refractivity contribution in [1.29, 1.82) is 0 Å². The number of likely N-dealkylation sites (tertiary alicyclic amines) is 1. The maximum absolute atomic E-state index is 2.62. The number of halogens is 1. The van der Waals surface area contributed by atoms with Gasteiger partial charge in [0.1, 0.15) is 12.4 Å². The van der Waals surface area contributed by atoms with Crippen molar-refractivity contribution in [3.63, 3.8) is 0 Å². The van der Waals surface area contributed by atoms with Gasteiger partial charge < -0.3 is 17.3 Å². The van der Waals surface area contributed by atoms with E-state index >= 15 is 0 Å². The third-order valence-electron chi connectivity index (χ3n) is 3.41. The Hall–Kier alpha value is -0.540. The van der Waals surface area contributed by atoms with Gasteiger partial charge in [-0.25, -0.2) is 9.13 Å². The molecule has 0 aromatic carbocycles. The van der Waals surface area contributed by atoms with Gasteiger partial charge in [0.15, 0.2) is 0 Å². The average Bonchev–Trinajstić information content (AvgIpc) is 2.72. The third-order valence-corrected chi connectivity index (χ3v) is 3.41. The van der Waals surface area contributed by atoms with Gasteiger partial charge in [-0.15, -0.1) is 0 Å². The van der Waals surface area contributed by atoms with Crippen LogP contribution in [0.3, 0.4) is 0 Å². The molecule has 1 aliphatic heterocycles. The molecular weight excluding hydrogens is 234 g/mol. The molecule has 17 heavy (non-hydrogen) atoms. The van der Waals surface area contributed by atoms with Gasteiger partial charge in [-0.05, 0) is 45.3 Å². The molecule has 1 aromatic rings. The van der Waals surface area contributed by atoms with Gasteiger partial charge in [0.05, 0.1) is 13.6 Å². The Balaban J connectivity index is 0.00000144. The molecule has 0 spiro atoms. The van der Waals surface area contributed by atoms with Gasteiger partial charge in [-0.2, -0.15) is 0 Å². The highest BCUT2D eigenvalue weighted by Gasteiger charge is 2.09. The Morgan fingerprint density at radius 2 is 1.76 bits per heavy atom. The molecule has 0 bridgehead atoms. The lowest BCUT2D eigenvalue weighted by molar-refractivity contribution is -0.671. The summed E-state index contributed by atoms with van der Waals surface area (Å²) >= 11 is 0. The van der Waals surface area contributed by atoms with Gasteiger partial charge in [0.2, 0.25) is 6.33 Å². The van der Waals surface area contributed by atoms with E-state index in [1.165, 1.54) is 51.7 Å². The molecule has 2 rings (SSSR count). The predicted octanol–water partition coefficient (Wildman–Crippen LogP) is -1.42. The fourth-order valence-electron chi connectivity index (χ4n) is 2.45. The highest BCUT2D eigenvalue weighted by Crippen LogP contribution is 2.09. The van der Waals surface area contributed by atoms with E-state index in [2.05, 4.69) is 39.8 Å². The standard InChI is InChI=1S/C13H24N3.ClH/c1-14-11-12-16(13-14)10-6-5-9-15-7-3-2-4-8-15;/h11-13H,2-10H2,1H3;1H/q+1;/p-1. The minimum atomic E-state index is 0. The molecule has 0 N–H and O–H groups in total. The molecule has 4 heteroatoms. The number of hydrogen-bond donors (Lipinski definition) is 0. The Kier molecular flexibility index (Phi) is 6.60. The lowest BCUT2D eigenvalue weighted by atomic mass is 10.1. The number of unbranched alkanes of at least 4 members (excludes halogenated alkanes) is 1. The number of nitrogens with zero attached hydrogens (tertiary/aromatic N) is 3. The molecule has 0 saturated carbocycles. The lowest BCUT2D eigenvalue weighted by Gasteiger charge is -2.26. The van der Waals surface area contributed by atoms with Crippen LogP contribution >= 0.6 is 0 Å². The van der Waals surface area contributed by atoms with Crippen LogP contribution in [-0.4, -0.2) is 29.1 Å². The second-order valence-corrected chi connectivity index (χ2v) is 4.93. The second kappa shape index (κ2) is 7.72. The van der Waals surface area contributed by atoms with Gasteiger partial charge in [-0.1, -0.05) is 6.42 Å². The Morgan fingerprint density at radius 3 is 2.41 bits per heavy atom. The molecule has 0 radical (unpaired) electrons. The fraction of sp³-hybridized carbons (Fsp3) is 0.769. The Labute approximate surface area is 111 Å². The molecule has 0 aliphatic carbocycles. The third kappa shape index (κ3) is 5.09. The summed E-state index contributed by atoms with van der Waals surface area (Å²) in [6.07, 6.45) is 13.3. The van der Waals surface area contributed by atoms with Crippen molar-refractivity contribution in [3.05, 3.63) is 18.7 Å². The van der Waals surface area contributed by atoms with E-state index < -0.39 is 0 Å². The molecule has 1 saturated heterocycles. The zero-order valence-electron chi connectivity index (χ0n) is 10.8. The first-order valence-electron chi connectivity index (χ1n) is 6.58. The van der Waals surface area contributed by atoms with Crippen molar-refractivity contribution >= 4 is 0 Å². The number of imidazole rings is 1. The van der Waals surface area contributed by atoms with Crippen LogP contribution in [0.2, 0.25) is 0 Å². The SMILES string of the molecule is C[n+]1ccn(CCCCN2CCCCC2)c1.[Cl-]. The van der Waals surface area contributed by atoms with E-state index in [0.29, 0.717) is 0 Å². The van der Waals surface area contributed by atoms with E-state index in [-0.39, 0.29) is 12.4 Å². The van der Waals surface area contributed by atoms with Crippen LogP contribution in [0.5, 0.6) is 0 Å². The second-order valence-electron chi connectivity index (χ2n) is 4.93. The van der Waals surface area contributed by atoms with Gasteiger partial charge in [0, 0.05) is 0 Å². The maximum Gasteiger partial charge on any atom is 0.243 e. The number of rotatable bonds is 5. The van der Waals surface area contributed by atoms with E-state index in [4.69, 9.17) is 0 Å². The Morgan fingerprint density at radius 1 is 1.06 bits per heavy atom. The van der Waals surface area contributed by atoms with E-state index in [1.807, 2.05) is 0 Å². The number of hydrogen-bond acceptors (Lipinski definition) is 1. The summed E-state index contributed by atoms with van der Waals surface area (Å²) in [5.41, 5.74) is 0. The summed E-state index contributed by atoms with van der Waals surface area (Å²) in [7, 11) is 2.07. The smallest absolute Gasteiger partial charge is 0.243 e. The minimum Gasteiger partial charge on any atom is -1.00 e. The first-order chi connectivity index (χ1) is 7.84. The first kappa shape index (κ1) is 14.5. The Bertz CT molecular complexity index is 305. The van der Waals surface area contributed by atoms with Crippen molar-refractivity contribution in [2.24, 2.45) is 7.05 Å². The van der Waals surface area contributed by atoms with Crippen molar-refractivity contribution in [2.45, 2.75) is 38.6 Å². The van der Waals surface area contributed by atoms with Crippen LogP contribution in [0.1, 0.15) is 32.1 Å². The van der Waals surface area contributed by atoms with Gasteiger partial charge >= 0.3 is 0 Å². The van der Waals surface area contributed by atoms with Crippen LogP contribution in [0.25, 0.3) is 0 Å². The molecule has 0 amide bonds. The zero-order valence-corrected chi connectivity index (χ0v) is 11.6. The highest BCUT2D eigenvalue weighted by atomic mass is 35.5. The van der Waals surface area contributed by atoms with Gasteiger partial charge in [-0.3, -0.25) is 0 Å². The van der Waals surface area contributed by atoms with Crippen molar-refractivity contribution in [1.82, 2.24) is 9.47 Å². The van der Waals surface area contributed by atoms with Crippen molar-refractivity contribution in [2.75, 3.05) is 19.6 Å². The molecule has 0 unspecified atom stereocenters. The van der Waals surface area contributed by atoms with E-state index in [9.17, 15) is 0 Å². The van der Waals surface area contributed by atoms with E-state index in [0.717, 1.165) is 6.54 Å². The predicted molar refractivity (Wildman–Crippen MR) is 65.1 cm³/mol. The summed E-state index contributed by atoms with van der Waals surface area (Å²) in [5, 5.41) is 0. The molecule has 1 fully saturated rings. The molecule has 0 atom stereocenters. The quantitative estimate of drug-likeness (QED) is 0.466. The summed E-state index contributed by atoms with van der Waals surface area (Å²) < 4.78 is 4.38. The minimum absolute atomic E-state index is 0. The molecule has 1 aromatic heterocycles. The summed E-state index contributed by atoms with van der Waals surface area (Å²) in [6, 6.07) is 0. The summed E-state index contributed by atoms with van der Waals surface area (Å²) in [4.78, 5) is 2.62. The molecule has 3 nitrogen and oxygen atoms in total. The number of aryl methyl sites for hydroxylation is 2. The van der Waals surface area contributed by atoms with E-state index in [1.54, 1.807) is 0 Å². The monoisotopic (exact) mass is 257 g/mol. The zero-order chi connectivity index (χ0) is 11.2. The number of aromatic nitrogens is 2. The summed E-state index contributed by atoms with van der Waals surface area (Å²) in [6.45, 7) is 5.12. The van der Waals surface area contributed by atoms with Crippen LogP contribution < -0.4 is 17.0 Å². The normalized spacial score (nSPS) is 16.8. The average molecular weight is 258 g/mol. The number of piperidine rings is 1.